The lowest BCUT2D eigenvalue weighted by molar-refractivity contribution is -0.126. The zero-order valence-electron chi connectivity index (χ0n) is 17.0. The van der Waals surface area contributed by atoms with Gasteiger partial charge in [0.25, 0.3) is 0 Å². The molecule has 28 heavy (non-hydrogen) atoms. The first-order valence-corrected chi connectivity index (χ1v) is 10.5. The number of carbonyl (C=O) groups is 1. The minimum Gasteiger partial charge on any atom is -0.441 e. The number of piperidine rings is 1. The van der Waals surface area contributed by atoms with Crippen LogP contribution in [0.1, 0.15) is 44.6 Å². The van der Waals surface area contributed by atoms with Gasteiger partial charge in [-0.2, -0.15) is 0 Å². The number of oxazole rings is 1. The van der Waals surface area contributed by atoms with Crippen LogP contribution in [0.5, 0.6) is 0 Å². The number of nitrogens with one attached hydrogen (secondary N) is 1. The number of hydrogen-bond acceptors (Lipinski definition) is 4. The summed E-state index contributed by atoms with van der Waals surface area (Å²) in [7, 11) is 0. The van der Waals surface area contributed by atoms with Crippen LogP contribution in [0.25, 0.3) is 11.5 Å². The van der Waals surface area contributed by atoms with Crippen LogP contribution in [0.3, 0.4) is 0 Å². The van der Waals surface area contributed by atoms with Crippen LogP contribution in [-0.2, 0) is 11.3 Å². The molecule has 1 fully saturated rings. The summed E-state index contributed by atoms with van der Waals surface area (Å²) < 4.78 is 5.87. The van der Waals surface area contributed by atoms with Gasteiger partial charge in [-0.1, -0.05) is 31.5 Å². The van der Waals surface area contributed by atoms with Crippen molar-refractivity contribution in [3.63, 3.8) is 0 Å². The molecular formula is C22H30ClN3O2. The van der Waals surface area contributed by atoms with E-state index in [1.807, 2.05) is 31.2 Å². The van der Waals surface area contributed by atoms with Gasteiger partial charge in [-0.15, -0.1) is 0 Å². The Hall–Kier alpha value is -1.85. The van der Waals surface area contributed by atoms with Crippen molar-refractivity contribution in [2.24, 2.45) is 11.8 Å². The van der Waals surface area contributed by atoms with E-state index in [0.29, 0.717) is 23.4 Å². The molecule has 1 aromatic heterocycles. The van der Waals surface area contributed by atoms with Crippen molar-refractivity contribution in [3.05, 3.63) is 40.7 Å². The molecule has 1 atom stereocenters. The van der Waals surface area contributed by atoms with Crippen molar-refractivity contribution in [2.75, 3.05) is 19.6 Å². The maximum Gasteiger partial charge on any atom is 0.226 e. The van der Waals surface area contributed by atoms with Crippen molar-refractivity contribution in [1.82, 2.24) is 15.2 Å². The number of halogens is 1. The molecule has 5 nitrogen and oxygen atoms in total. The molecule has 0 aliphatic carbocycles. The molecule has 152 valence electrons. The van der Waals surface area contributed by atoms with Gasteiger partial charge >= 0.3 is 0 Å². The molecule has 1 aromatic carbocycles. The normalized spacial score (nSPS) is 17.8. The number of nitrogens with zero attached hydrogens (tertiary/aromatic N) is 2. The van der Waals surface area contributed by atoms with E-state index in [-0.39, 0.29) is 11.8 Å². The Morgan fingerprint density at radius 3 is 3.00 bits per heavy atom. The van der Waals surface area contributed by atoms with Crippen molar-refractivity contribution >= 4 is 17.5 Å². The summed E-state index contributed by atoms with van der Waals surface area (Å²) in [6.45, 7) is 9.50. The highest BCUT2D eigenvalue weighted by Gasteiger charge is 2.26. The lowest BCUT2D eigenvalue weighted by Crippen LogP contribution is -2.43. The Morgan fingerprint density at radius 1 is 1.43 bits per heavy atom. The first-order chi connectivity index (χ1) is 13.4. The van der Waals surface area contributed by atoms with Crippen molar-refractivity contribution < 1.29 is 9.21 Å². The van der Waals surface area contributed by atoms with Crippen LogP contribution < -0.4 is 5.32 Å². The number of carbonyl (C=O) groups excluding carboxylic acids is 1. The van der Waals surface area contributed by atoms with Crippen molar-refractivity contribution in [2.45, 2.75) is 46.6 Å². The van der Waals surface area contributed by atoms with E-state index in [4.69, 9.17) is 16.0 Å². The molecule has 0 saturated carbocycles. The van der Waals surface area contributed by atoms with Crippen molar-refractivity contribution in [1.29, 1.82) is 0 Å². The Bertz CT molecular complexity index is 803. The zero-order valence-corrected chi connectivity index (χ0v) is 17.8. The summed E-state index contributed by atoms with van der Waals surface area (Å²) in [6, 6.07) is 7.53. The van der Waals surface area contributed by atoms with Gasteiger partial charge in [-0.3, -0.25) is 9.69 Å². The second kappa shape index (κ2) is 9.57. The third-order valence-corrected chi connectivity index (χ3v) is 5.47. The van der Waals surface area contributed by atoms with Crippen LogP contribution in [0, 0.1) is 18.8 Å². The molecule has 0 spiro atoms. The molecule has 3 rings (SSSR count). The Morgan fingerprint density at radius 2 is 2.25 bits per heavy atom. The Labute approximate surface area is 172 Å². The molecule has 0 bridgehead atoms. The number of amides is 1. The summed E-state index contributed by atoms with van der Waals surface area (Å²) in [5, 5.41) is 3.76. The van der Waals surface area contributed by atoms with E-state index < -0.39 is 0 Å². The van der Waals surface area contributed by atoms with Gasteiger partial charge in [0.05, 0.1) is 11.6 Å². The molecule has 1 N–H and O–H groups in total. The molecule has 1 saturated heterocycles. The predicted octanol–water partition coefficient (Wildman–Crippen LogP) is 4.68. The van der Waals surface area contributed by atoms with E-state index >= 15 is 0 Å². The number of hydrogen-bond donors (Lipinski definition) is 1. The second-order valence-corrected chi connectivity index (χ2v) is 8.52. The average molecular weight is 404 g/mol. The highest BCUT2D eigenvalue weighted by molar-refractivity contribution is 6.30. The highest BCUT2D eigenvalue weighted by Crippen LogP contribution is 2.26. The predicted molar refractivity (Wildman–Crippen MR) is 112 cm³/mol. The molecule has 2 aromatic rings. The van der Waals surface area contributed by atoms with Gasteiger partial charge < -0.3 is 9.73 Å². The van der Waals surface area contributed by atoms with Crippen LogP contribution in [-0.4, -0.2) is 35.4 Å². The lowest BCUT2D eigenvalue weighted by Gasteiger charge is -2.31. The summed E-state index contributed by atoms with van der Waals surface area (Å²) in [5.74, 6) is 2.25. The number of aromatic nitrogens is 1. The summed E-state index contributed by atoms with van der Waals surface area (Å²) in [6.07, 6.45) is 3.00. The van der Waals surface area contributed by atoms with Gasteiger partial charge in [0.2, 0.25) is 11.8 Å². The first-order valence-electron chi connectivity index (χ1n) is 10.1. The summed E-state index contributed by atoms with van der Waals surface area (Å²) >= 11 is 6.08. The third kappa shape index (κ3) is 5.58. The van der Waals surface area contributed by atoms with Gasteiger partial charge in [0.1, 0.15) is 5.76 Å². The fourth-order valence-electron chi connectivity index (χ4n) is 3.57. The largest absolute Gasteiger partial charge is 0.441 e. The van der Waals surface area contributed by atoms with Crippen LogP contribution in [0.2, 0.25) is 5.02 Å². The molecule has 1 aliphatic rings. The fourth-order valence-corrected chi connectivity index (χ4v) is 3.76. The van der Waals surface area contributed by atoms with Crippen LogP contribution in [0.15, 0.2) is 28.7 Å². The quantitative estimate of drug-likeness (QED) is 0.729. The molecule has 2 heterocycles. The number of benzene rings is 1. The lowest BCUT2D eigenvalue weighted by atomic mass is 9.96. The van der Waals surface area contributed by atoms with Crippen LogP contribution in [0.4, 0.5) is 0 Å². The maximum atomic E-state index is 12.5. The molecule has 1 aliphatic heterocycles. The summed E-state index contributed by atoms with van der Waals surface area (Å²) in [5.41, 5.74) is 1.80. The van der Waals surface area contributed by atoms with E-state index in [1.54, 1.807) is 0 Å². The summed E-state index contributed by atoms with van der Waals surface area (Å²) in [4.78, 5) is 19.5. The average Bonchev–Trinajstić information content (AvgIpc) is 3.02. The topological polar surface area (TPSA) is 58.4 Å². The zero-order chi connectivity index (χ0) is 20.1. The highest BCUT2D eigenvalue weighted by atomic mass is 35.5. The van der Waals surface area contributed by atoms with Crippen LogP contribution >= 0.6 is 11.6 Å². The first kappa shape index (κ1) is 20.9. The second-order valence-electron chi connectivity index (χ2n) is 8.08. The van der Waals surface area contributed by atoms with Crippen molar-refractivity contribution in [3.8, 4) is 11.5 Å². The smallest absolute Gasteiger partial charge is 0.226 e. The van der Waals surface area contributed by atoms with Gasteiger partial charge in [-0.25, -0.2) is 4.98 Å². The third-order valence-electron chi connectivity index (χ3n) is 5.23. The minimum absolute atomic E-state index is 0.0560. The minimum atomic E-state index is 0.0560. The van der Waals surface area contributed by atoms with Gasteiger partial charge in [0.15, 0.2) is 0 Å². The van der Waals surface area contributed by atoms with Gasteiger partial charge in [-0.05, 0) is 56.8 Å². The molecule has 1 amide bonds. The maximum absolute atomic E-state index is 12.5. The van der Waals surface area contributed by atoms with E-state index in [9.17, 15) is 4.79 Å². The SMILES string of the molecule is Cc1oc(-c2cccc(Cl)c2)nc1CN1CCCC(C(=O)NCCC(C)C)C1. The number of likely N-dealkylation sites (tertiary alicyclic amines) is 1. The number of rotatable bonds is 7. The van der Waals surface area contributed by atoms with E-state index in [1.165, 1.54) is 0 Å². The number of aryl methyl sites for hydroxylation is 1. The Kier molecular flexibility index (Phi) is 7.13. The fraction of sp³-hybridized carbons (Fsp3) is 0.545. The molecule has 6 heteroatoms. The Balaban J connectivity index is 1.60. The molecular weight excluding hydrogens is 374 g/mol. The standard InChI is InChI=1S/C22H30ClN3O2/c1-15(2)9-10-24-21(27)18-7-5-11-26(13-18)14-20-16(3)28-22(25-20)17-6-4-8-19(23)12-17/h4,6,8,12,15,18H,5,7,9-11,13-14H2,1-3H3,(H,24,27). The molecule has 0 radical (unpaired) electrons. The molecule has 1 unspecified atom stereocenters. The van der Waals surface area contributed by atoms with E-state index in [0.717, 1.165) is 55.9 Å². The van der Waals surface area contributed by atoms with Gasteiger partial charge in [0, 0.05) is 30.2 Å². The monoisotopic (exact) mass is 403 g/mol. The van der Waals surface area contributed by atoms with E-state index in [2.05, 4.69) is 29.0 Å².